The first kappa shape index (κ1) is 22.5. The Kier molecular flexibility index (Phi) is 5.85. The fraction of sp³-hybridized carbons (Fsp3) is 0.367. The van der Waals surface area contributed by atoms with Crippen molar-refractivity contribution < 1.29 is 9.53 Å². The lowest BCUT2D eigenvalue weighted by molar-refractivity contribution is 0.0240. The van der Waals surface area contributed by atoms with Crippen LogP contribution in [0.4, 0.5) is 10.5 Å². The first-order valence-corrected chi connectivity index (χ1v) is 12.3. The van der Waals surface area contributed by atoms with Crippen LogP contribution < -0.4 is 5.32 Å². The lowest BCUT2D eigenvalue weighted by Gasteiger charge is -2.28. The van der Waals surface area contributed by atoms with Crippen molar-refractivity contribution in [1.82, 2.24) is 4.90 Å². The third-order valence-electron chi connectivity index (χ3n) is 6.90. The van der Waals surface area contributed by atoms with E-state index in [0.29, 0.717) is 6.54 Å². The molecule has 0 radical (unpaired) electrons. The van der Waals surface area contributed by atoms with Gasteiger partial charge in [0.25, 0.3) is 0 Å². The summed E-state index contributed by atoms with van der Waals surface area (Å²) in [5.41, 5.74) is 5.93. The SMILES string of the molecule is CC(C)(C)OC(=O)N1CCc2cc(NC(c3ccccc3)c3ccccc3)ccc2C2(CC2)C1. The van der Waals surface area contributed by atoms with Crippen LogP contribution >= 0.6 is 0 Å². The summed E-state index contributed by atoms with van der Waals surface area (Å²) in [5, 5.41) is 3.79. The average Bonchev–Trinajstić information content (AvgIpc) is 3.63. The van der Waals surface area contributed by atoms with Crippen LogP contribution in [0, 0.1) is 0 Å². The maximum atomic E-state index is 12.9. The highest BCUT2D eigenvalue weighted by Gasteiger charge is 2.49. The molecule has 1 fully saturated rings. The second kappa shape index (κ2) is 8.83. The number of nitrogens with one attached hydrogen (secondary N) is 1. The van der Waals surface area contributed by atoms with Crippen molar-refractivity contribution in [1.29, 1.82) is 0 Å². The zero-order chi connectivity index (χ0) is 23.8. The Hall–Kier alpha value is -3.27. The van der Waals surface area contributed by atoms with Gasteiger partial charge in [-0.2, -0.15) is 0 Å². The first-order valence-electron chi connectivity index (χ1n) is 12.3. The van der Waals surface area contributed by atoms with E-state index in [-0.39, 0.29) is 17.6 Å². The number of hydrogen-bond donors (Lipinski definition) is 1. The molecule has 0 unspecified atom stereocenters. The van der Waals surface area contributed by atoms with Gasteiger partial charge in [-0.05, 0) is 74.4 Å². The summed E-state index contributed by atoms with van der Waals surface area (Å²) in [6.07, 6.45) is 2.90. The smallest absolute Gasteiger partial charge is 0.410 e. The summed E-state index contributed by atoms with van der Waals surface area (Å²) < 4.78 is 5.70. The molecule has 0 saturated heterocycles. The van der Waals surface area contributed by atoms with Crippen LogP contribution in [0.15, 0.2) is 78.9 Å². The normalized spacial score (nSPS) is 16.6. The van der Waals surface area contributed by atoms with Gasteiger partial charge in [0.05, 0.1) is 6.04 Å². The van der Waals surface area contributed by atoms with Crippen molar-refractivity contribution >= 4 is 11.8 Å². The standard InChI is InChI=1S/C30H34N2O2/c1-29(2,3)34-28(33)32-19-16-24-20-25(14-15-26(24)30(21-32)17-18-30)31-27(22-10-6-4-7-11-22)23-12-8-5-9-13-23/h4-15,20,27,31H,16-19,21H2,1-3H3. The van der Waals surface area contributed by atoms with E-state index in [1.165, 1.54) is 22.3 Å². The summed E-state index contributed by atoms with van der Waals surface area (Å²) in [5.74, 6) is 0. The molecule has 1 amide bonds. The van der Waals surface area contributed by atoms with E-state index < -0.39 is 5.60 Å². The highest BCUT2D eigenvalue weighted by Crippen LogP contribution is 2.51. The zero-order valence-corrected chi connectivity index (χ0v) is 20.4. The number of anilines is 1. The number of amides is 1. The van der Waals surface area contributed by atoms with Gasteiger partial charge >= 0.3 is 6.09 Å². The van der Waals surface area contributed by atoms with Gasteiger partial charge < -0.3 is 15.0 Å². The molecule has 176 valence electrons. The molecule has 1 spiro atoms. The largest absolute Gasteiger partial charge is 0.444 e. The van der Waals surface area contributed by atoms with Crippen molar-refractivity contribution in [3.05, 3.63) is 101 Å². The van der Waals surface area contributed by atoms with E-state index in [4.69, 9.17) is 4.74 Å². The van der Waals surface area contributed by atoms with E-state index >= 15 is 0 Å². The van der Waals surface area contributed by atoms with Crippen molar-refractivity contribution in [3.63, 3.8) is 0 Å². The second-order valence-electron chi connectivity index (χ2n) is 10.7. The van der Waals surface area contributed by atoms with Crippen LogP contribution in [-0.2, 0) is 16.6 Å². The molecule has 4 heteroatoms. The molecule has 34 heavy (non-hydrogen) atoms. The van der Waals surface area contributed by atoms with Gasteiger partial charge in [0, 0.05) is 24.2 Å². The van der Waals surface area contributed by atoms with Crippen molar-refractivity contribution in [2.75, 3.05) is 18.4 Å². The van der Waals surface area contributed by atoms with Crippen LogP contribution in [0.1, 0.15) is 61.9 Å². The fourth-order valence-electron chi connectivity index (χ4n) is 5.07. The maximum Gasteiger partial charge on any atom is 0.410 e. The minimum absolute atomic E-state index is 0.0689. The summed E-state index contributed by atoms with van der Waals surface area (Å²) >= 11 is 0. The van der Waals surface area contributed by atoms with Crippen LogP contribution in [0.25, 0.3) is 0 Å². The molecule has 1 saturated carbocycles. The predicted molar refractivity (Wildman–Crippen MR) is 137 cm³/mol. The maximum absolute atomic E-state index is 12.9. The third-order valence-corrected chi connectivity index (χ3v) is 6.90. The highest BCUT2D eigenvalue weighted by atomic mass is 16.6. The molecule has 0 bridgehead atoms. The molecular weight excluding hydrogens is 420 g/mol. The van der Waals surface area contributed by atoms with Gasteiger partial charge in [-0.15, -0.1) is 0 Å². The van der Waals surface area contributed by atoms with E-state index in [2.05, 4.69) is 84.2 Å². The summed E-state index contributed by atoms with van der Waals surface area (Å²) in [4.78, 5) is 14.8. The minimum atomic E-state index is -0.478. The number of hydrogen-bond acceptors (Lipinski definition) is 3. The summed E-state index contributed by atoms with van der Waals surface area (Å²) in [6, 6.07) is 28.0. The summed E-state index contributed by atoms with van der Waals surface area (Å²) in [7, 11) is 0. The van der Waals surface area contributed by atoms with Gasteiger partial charge in [-0.3, -0.25) is 0 Å². The molecule has 5 rings (SSSR count). The van der Waals surface area contributed by atoms with Gasteiger partial charge in [0.2, 0.25) is 0 Å². The quantitative estimate of drug-likeness (QED) is 0.476. The molecule has 1 aliphatic carbocycles. The molecule has 0 atom stereocenters. The topological polar surface area (TPSA) is 41.6 Å². The molecule has 4 nitrogen and oxygen atoms in total. The predicted octanol–water partition coefficient (Wildman–Crippen LogP) is 6.71. The van der Waals surface area contributed by atoms with Gasteiger partial charge in [-0.1, -0.05) is 66.7 Å². The molecular formula is C30H34N2O2. The Bertz CT molecular complexity index is 1110. The number of ether oxygens (including phenoxy) is 1. The van der Waals surface area contributed by atoms with Crippen molar-refractivity contribution in [3.8, 4) is 0 Å². The van der Waals surface area contributed by atoms with E-state index in [9.17, 15) is 4.79 Å². The molecule has 0 aromatic heterocycles. The Labute approximate surface area is 202 Å². The van der Waals surface area contributed by atoms with Gasteiger partial charge in [-0.25, -0.2) is 4.79 Å². The van der Waals surface area contributed by atoms with Crippen LogP contribution in [0.3, 0.4) is 0 Å². The Balaban J connectivity index is 1.41. The minimum Gasteiger partial charge on any atom is -0.444 e. The van der Waals surface area contributed by atoms with Crippen LogP contribution in [-0.4, -0.2) is 29.7 Å². The molecule has 2 aliphatic rings. The van der Waals surface area contributed by atoms with E-state index in [1.807, 2.05) is 25.7 Å². The number of carbonyl (C=O) groups excluding carboxylic acids is 1. The molecule has 1 N–H and O–H groups in total. The lowest BCUT2D eigenvalue weighted by Crippen LogP contribution is -2.40. The lowest BCUT2D eigenvalue weighted by atomic mass is 9.90. The molecule has 1 heterocycles. The molecule has 1 aliphatic heterocycles. The number of rotatable bonds is 4. The summed E-state index contributed by atoms with van der Waals surface area (Å²) in [6.45, 7) is 7.22. The molecule has 3 aromatic rings. The Morgan fingerprint density at radius 3 is 2.12 bits per heavy atom. The highest BCUT2D eigenvalue weighted by molar-refractivity contribution is 5.69. The van der Waals surface area contributed by atoms with Gasteiger partial charge in [0.15, 0.2) is 0 Å². The van der Waals surface area contributed by atoms with Gasteiger partial charge in [0.1, 0.15) is 5.60 Å². The second-order valence-corrected chi connectivity index (χ2v) is 10.7. The average molecular weight is 455 g/mol. The third kappa shape index (κ3) is 4.82. The van der Waals surface area contributed by atoms with Crippen molar-refractivity contribution in [2.45, 2.75) is 57.1 Å². The Morgan fingerprint density at radius 1 is 0.941 bits per heavy atom. The number of fused-ring (bicyclic) bond motifs is 2. The van der Waals surface area contributed by atoms with Crippen LogP contribution in [0.2, 0.25) is 0 Å². The van der Waals surface area contributed by atoms with Crippen molar-refractivity contribution in [2.24, 2.45) is 0 Å². The van der Waals surface area contributed by atoms with Crippen LogP contribution in [0.5, 0.6) is 0 Å². The Morgan fingerprint density at radius 2 is 1.56 bits per heavy atom. The van der Waals surface area contributed by atoms with E-state index in [0.717, 1.165) is 31.5 Å². The zero-order valence-electron chi connectivity index (χ0n) is 20.4. The number of nitrogens with zero attached hydrogens (tertiary/aromatic N) is 1. The molecule has 3 aromatic carbocycles. The monoisotopic (exact) mass is 454 g/mol. The fourth-order valence-corrected chi connectivity index (χ4v) is 5.07. The number of benzene rings is 3. The van der Waals surface area contributed by atoms with E-state index in [1.54, 1.807) is 0 Å². The first-order chi connectivity index (χ1) is 16.3. The number of carbonyl (C=O) groups is 1.